The van der Waals surface area contributed by atoms with Gasteiger partial charge in [-0.05, 0) is 19.3 Å². The average molecular weight is 233 g/mol. The van der Waals surface area contributed by atoms with E-state index in [1.807, 2.05) is 0 Å². The summed E-state index contributed by atoms with van der Waals surface area (Å²) in [7, 11) is -3.12. The SMILES string of the molecule is O=S(=O)(C1CCCCC1)N1CC[C@H](O)C1. The van der Waals surface area contributed by atoms with Crippen molar-refractivity contribution in [3.8, 4) is 0 Å². The maximum absolute atomic E-state index is 12.1. The van der Waals surface area contributed by atoms with E-state index in [4.69, 9.17) is 0 Å². The van der Waals surface area contributed by atoms with Crippen molar-refractivity contribution in [3.05, 3.63) is 0 Å². The molecule has 2 rings (SSSR count). The van der Waals surface area contributed by atoms with Gasteiger partial charge < -0.3 is 5.11 Å². The molecule has 1 aliphatic heterocycles. The topological polar surface area (TPSA) is 57.6 Å². The van der Waals surface area contributed by atoms with E-state index < -0.39 is 16.1 Å². The summed E-state index contributed by atoms with van der Waals surface area (Å²) in [6, 6.07) is 0. The van der Waals surface area contributed by atoms with Crippen LogP contribution in [0.1, 0.15) is 38.5 Å². The van der Waals surface area contributed by atoms with Crippen molar-refractivity contribution < 1.29 is 13.5 Å². The van der Waals surface area contributed by atoms with Crippen LogP contribution >= 0.6 is 0 Å². The summed E-state index contributed by atoms with van der Waals surface area (Å²) in [6.07, 6.45) is 4.95. The largest absolute Gasteiger partial charge is 0.392 e. The number of sulfonamides is 1. The Morgan fingerprint density at radius 3 is 2.27 bits per heavy atom. The molecule has 0 spiro atoms. The lowest BCUT2D eigenvalue weighted by atomic mass is 10.0. The molecule has 1 saturated heterocycles. The summed E-state index contributed by atoms with van der Waals surface area (Å²) in [4.78, 5) is 0. The Balaban J connectivity index is 2.05. The van der Waals surface area contributed by atoms with Gasteiger partial charge in [0.15, 0.2) is 0 Å². The van der Waals surface area contributed by atoms with Gasteiger partial charge in [-0.15, -0.1) is 0 Å². The summed E-state index contributed by atoms with van der Waals surface area (Å²) in [5, 5.41) is 9.17. The van der Waals surface area contributed by atoms with Crippen molar-refractivity contribution in [1.29, 1.82) is 0 Å². The standard InChI is InChI=1S/C10H19NO3S/c12-9-6-7-11(8-9)15(13,14)10-4-2-1-3-5-10/h9-10,12H,1-8H2/t9-/m0/s1. The van der Waals surface area contributed by atoms with Crippen LogP contribution in [0.2, 0.25) is 0 Å². The molecule has 1 N–H and O–H groups in total. The highest BCUT2D eigenvalue weighted by molar-refractivity contribution is 7.89. The lowest BCUT2D eigenvalue weighted by Crippen LogP contribution is -2.38. The van der Waals surface area contributed by atoms with Gasteiger partial charge in [0.2, 0.25) is 10.0 Å². The second-order valence-corrected chi connectivity index (χ2v) is 6.82. The Kier molecular flexibility index (Phi) is 3.33. The Morgan fingerprint density at radius 2 is 1.73 bits per heavy atom. The first-order valence-electron chi connectivity index (χ1n) is 5.78. The maximum Gasteiger partial charge on any atom is 0.217 e. The summed E-state index contributed by atoms with van der Waals surface area (Å²) >= 11 is 0. The van der Waals surface area contributed by atoms with Gasteiger partial charge in [0.25, 0.3) is 0 Å². The van der Waals surface area contributed by atoms with Crippen molar-refractivity contribution in [1.82, 2.24) is 4.31 Å². The van der Waals surface area contributed by atoms with E-state index in [1.54, 1.807) is 0 Å². The minimum Gasteiger partial charge on any atom is -0.392 e. The number of hydrogen-bond acceptors (Lipinski definition) is 3. The van der Waals surface area contributed by atoms with Crippen LogP contribution in [0.4, 0.5) is 0 Å². The molecule has 2 aliphatic rings. The smallest absolute Gasteiger partial charge is 0.217 e. The molecule has 4 nitrogen and oxygen atoms in total. The van der Waals surface area contributed by atoms with Gasteiger partial charge in [0.1, 0.15) is 0 Å². The summed E-state index contributed by atoms with van der Waals surface area (Å²) in [6.45, 7) is 0.804. The zero-order valence-corrected chi connectivity index (χ0v) is 9.75. The molecule has 1 atom stereocenters. The quantitative estimate of drug-likeness (QED) is 0.764. The minimum absolute atomic E-state index is 0.184. The molecule has 0 unspecified atom stereocenters. The molecule has 0 aromatic heterocycles. The predicted octanol–water partition coefficient (Wildman–Crippen LogP) is 0.716. The van der Waals surface area contributed by atoms with Crippen molar-refractivity contribution in [2.24, 2.45) is 0 Å². The van der Waals surface area contributed by atoms with Crippen molar-refractivity contribution in [2.75, 3.05) is 13.1 Å². The second-order valence-electron chi connectivity index (χ2n) is 4.61. The van der Waals surface area contributed by atoms with E-state index in [-0.39, 0.29) is 5.25 Å². The van der Waals surface area contributed by atoms with Crippen LogP contribution in [0.15, 0.2) is 0 Å². The molecule has 2 fully saturated rings. The first-order valence-corrected chi connectivity index (χ1v) is 7.28. The van der Waals surface area contributed by atoms with Gasteiger partial charge in [0.05, 0.1) is 11.4 Å². The third-order valence-electron chi connectivity index (χ3n) is 3.46. The van der Waals surface area contributed by atoms with Gasteiger partial charge in [-0.1, -0.05) is 19.3 Å². The number of β-amino-alcohol motifs (C(OH)–C–C–N with tert-alkyl or cyclic N) is 1. The lowest BCUT2D eigenvalue weighted by molar-refractivity contribution is 0.189. The first kappa shape index (κ1) is 11.4. The Hall–Kier alpha value is -0.130. The molecule has 0 aromatic carbocycles. The average Bonchev–Trinajstić information content (AvgIpc) is 2.67. The fourth-order valence-electron chi connectivity index (χ4n) is 2.52. The van der Waals surface area contributed by atoms with Crippen molar-refractivity contribution in [2.45, 2.75) is 49.9 Å². The third-order valence-corrected chi connectivity index (χ3v) is 5.82. The molecule has 1 aliphatic carbocycles. The fourth-order valence-corrected chi connectivity index (χ4v) is 4.61. The highest BCUT2D eigenvalue weighted by Crippen LogP contribution is 2.27. The van der Waals surface area contributed by atoms with E-state index in [0.29, 0.717) is 19.5 Å². The second kappa shape index (κ2) is 4.39. The fraction of sp³-hybridized carbons (Fsp3) is 1.00. The van der Waals surface area contributed by atoms with E-state index in [9.17, 15) is 13.5 Å². The van der Waals surface area contributed by atoms with Gasteiger partial charge in [-0.25, -0.2) is 8.42 Å². The number of nitrogens with zero attached hydrogens (tertiary/aromatic N) is 1. The Labute approximate surface area is 91.3 Å². The minimum atomic E-state index is -3.12. The molecule has 1 heterocycles. The van der Waals surface area contributed by atoms with Crippen molar-refractivity contribution in [3.63, 3.8) is 0 Å². The number of aliphatic hydroxyl groups excluding tert-OH is 1. The lowest BCUT2D eigenvalue weighted by Gasteiger charge is -2.26. The highest BCUT2D eigenvalue weighted by atomic mass is 32.2. The summed E-state index contributed by atoms with van der Waals surface area (Å²) in [5.41, 5.74) is 0. The molecule has 0 aromatic rings. The van der Waals surface area contributed by atoms with Crippen LogP contribution in [0.5, 0.6) is 0 Å². The van der Waals surface area contributed by atoms with E-state index >= 15 is 0 Å². The molecular weight excluding hydrogens is 214 g/mol. The molecule has 5 heteroatoms. The number of hydrogen-bond donors (Lipinski definition) is 1. The molecule has 0 radical (unpaired) electrons. The predicted molar refractivity (Wildman–Crippen MR) is 58.0 cm³/mol. The van der Waals surface area contributed by atoms with E-state index in [1.165, 1.54) is 4.31 Å². The highest BCUT2D eigenvalue weighted by Gasteiger charge is 2.36. The van der Waals surface area contributed by atoms with Gasteiger partial charge in [-0.2, -0.15) is 4.31 Å². The van der Waals surface area contributed by atoms with Crippen LogP contribution in [0, 0.1) is 0 Å². The third kappa shape index (κ3) is 2.34. The summed E-state index contributed by atoms with van der Waals surface area (Å²) < 4.78 is 25.8. The van der Waals surface area contributed by atoms with Crippen LogP contribution in [0.3, 0.4) is 0 Å². The molecule has 0 amide bonds. The van der Waals surface area contributed by atoms with Crippen LogP contribution in [-0.2, 0) is 10.0 Å². The number of rotatable bonds is 2. The Bertz CT molecular complexity index is 298. The van der Waals surface area contributed by atoms with E-state index in [2.05, 4.69) is 0 Å². The van der Waals surface area contributed by atoms with Crippen LogP contribution in [0.25, 0.3) is 0 Å². The normalized spacial score (nSPS) is 30.9. The zero-order valence-electron chi connectivity index (χ0n) is 8.93. The van der Waals surface area contributed by atoms with Gasteiger partial charge in [0, 0.05) is 13.1 Å². The number of aliphatic hydroxyl groups is 1. The van der Waals surface area contributed by atoms with E-state index in [0.717, 1.165) is 32.1 Å². The molecular formula is C10H19NO3S. The van der Waals surface area contributed by atoms with Crippen molar-refractivity contribution >= 4 is 10.0 Å². The zero-order chi connectivity index (χ0) is 10.9. The molecule has 0 bridgehead atoms. The van der Waals surface area contributed by atoms with Crippen LogP contribution < -0.4 is 0 Å². The monoisotopic (exact) mass is 233 g/mol. The van der Waals surface area contributed by atoms with Gasteiger partial charge >= 0.3 is 0 Å². The first-order chi connectivity index (χ1) is 7.10. The molecule has 15 heavy (non-hydrogen) atoms. The Morgan fingerprint density at radius 1 is 1.07 bits per heavy atom. The van der Waals surface area contributed by atoms with Gasteiger partial charge in [-0.3, -0.25) is 0 Å². The molecule has 1 saturated carbocycles. The molecule has 88 valence electrons. The maximum atomic E-state index is 12.1. The summed E-state index contributed by atoms with van der Waals surface area (Å²) in [5.74, 6) is 0. The van der Waals surface area contributed by atoms with Crippen LogP contribution in [-0.4, -0.2) is 42.3 Å².